The molecule has 2 N–H and O–H groups in total. The lowest BCUT2D eigenvalue weighted by molar-refractivity contribution is 0.138. The molecule has 6 heteroatoms. The van der Waals surface area contributed by atoms with Crippen molar-refractivity contribution in [1.82, 2.24) is 15.6 Å². The molecule has 3 rings (SSSR count). The maximum absolute atomic E-state index is 5.94. The number of aromatic nitrogens is 1. The van der Waals surface area contributed by atoms with E-state index < -0.39 is 0 Å². The minimum absolute atomic E-state index is 0.342. The third-order valence-electron chi connectivity index (χ3n) is 6.20. The summed E-state index contributed by atoms with van der Waals surface area (Å²) in [6.07, 6.45) is 13.4. The van der Waals surface area contributed by atoms with E-state index in [4.69, 9.17) is 9.47 Å². The lowest BCUT2D eigenvalue weighted by Gasteiger charge is -2.30. The monoisotopic (exact) mass is 388 g/mol. The van der Waals surface area contributed by atoms with Crippen molar-refractivity contribution in [1.29, 1.82) is 0 Å². The number of hydrogen-bond donors (Lipinski definition) is 2. The van der Waals surface area contributed by atoms with Crippen molar-refractivity contribution in [3.63, 3.8) is 0 Å². The number of aliphatic imine (C=N–C) groups is 1. The van der Waals surface area contributed by atoms with Crippen molar-refractivity contribution >= 4 is 5.96 Å². The molecule has 2 saturated carbocycles. The number of guanidine groups is 1. The van der Waals surface area contributed by atoms with Gasteiger partial charge in [0, 0.05) is 46.1 Å². The summed E-state index contributed by atoms with van der Waals surface area (Å²) in [5, 5.41) is 6.93. The first-order valence-corrected chi connectivity index (χ1v) is 10.8. The molecule has 28 heavy (non-hydrogen) atoms. The van der Waals surface area contributed by atoms with E-state index in [-0.39, 0.29) is 0 Å². The van der Waals surface area contributed by atoms with E-state index in [9.17, 15) is 0 Å². The fraction of sp³-hybridized carbons (Fsp3) is 0.727. The van der Waals surface area contributed by atoms with Crippen LogP contribution in [0.3, 0.4) is 0 Å². The van der Waals surface area contributed by atoms with Crippen LogP contribution in [-0.4, -0.2) is 44.4 Å². The van der Waals surface area contributed by atoms with Crippen molar-refractivity contribution < 1.29 is 9.47 Å². The standard InChI is InChI=1S/C22H36N4O2/c1-23-21(26-17-22(13-14-27-2)11-5-6-12-22)25-16-18-9-10-20(24-15-18)28-19-7-3-4-8-19/h9-10,15,19H,3-8,11-14,16-17H2,1-2H3,(H2,23,25,26). The normalized spacial score (nSPS) is 19.7. The Morgan fingerprint density at radius 3 is 2.61 bits per heavy atom. The molecule has 0 saturated heterocycles. The Bertz CT molecular complexity index is 605. The molecule has 2 fully saturated rings. The topological polar surface area (TPSA) is 67.8 Å². The van der Waals surface area contributed by atoms with Crippen LogP contribution in [0, 0.1) is 5.41 Å². The highest BCUT2D eigenvalue weighted by atomic mass is 16.5. The van der Waals surface area contributed by atoms with Crippen LogP contribution in [-0.2, 0) is 11.3 Å². The quantitative estimate of drug-likeness (QED) is 0.499. The van der Waals surface area contributed by atoms with Gasteiger partial charge in [-0.15, -0.1) is 0 Å². The Morgan fingerprint density at radius 1 is 1.18 bits per heavy atom. The Labute approximate surface area is 169 Å². The molecule has 156 valence electrons. The molecule has 0 spiro atoms. The second kappa shape index (κ2) is 10.6. The second-order valence-electron chi connectivity index (χ2n) is 8.26. The molecule has 2 aliphatic carbocycles. The van der Waals surface area contributed by atoms with Gasteiger partial charge in [-0.3, -0.25) is 4.99 Å². The van der Waals surface area contributed by atoms with Gasteiger partial charge in [-0.05, 0) is 55.9 Å². The number of hydrogen-bond acceptors (Lipinski definition) is 4. The van der Waals surface area contributed by atoms with Crippen LogP contribution in [0.4, 0.5) is 0 Å². The molecule has 1 aromatic heterocycles. The minimum Gasteiger partial charge on any atom is -0.474 e. The summed E-state index contributed by atoms with van der Waals surface area (Å²) in [4.78, 5) is 8.84. The van der Waals surface area contributed by atoms with Gasteiger partial charge in [-0.1, -0.05) is 18.9 Å². The molecular weight excluding hydrogens is 352 g/mol. The SMILES string of the molecule is CN=C(NCc1ccc(OC2CCCC2)nc1)NCC1(CCOC)CCCC1. The Balaban J connectivity index is 1.44. The van der Waals surface area contributed by atoms with E-state index in [1.807, 2.05) is 19.3 Å². The van der Waals surface area contributed by atoms with Crippen molar-refractivity contribution in [3.8, 4) is 5.88 Å². The lowest BCUT2D eigenvalue weighted by atomic mass is 9.83. The van der Waals surface area contributed by atoms with Gasteiger partial charge in [0.05, 0.1) is 0 Å². The lowest BCUT2D eigenvalue weighted by Crippen LogP contribution is -2.43. The maximum Gasteiger partial charge on any atom is 0.213 e. The Morgan fingerprint density at radius 2 is 1.96 bits per heavy atom. The number of nitrogens with zero attached hydrogens (tertiary/aromatic N) is 2. The molecule has 0 radical (unpaired) electrons. The van der Waals surface area contributed by atoms with E-state index in [1.165, 1.54) is 38.5 Å². The number of nitrogens with one attached hydrogen (secondary N) is 2. The summed E-state index contributed by atoms with van der Waals surface area (Å²) < 4.78 is 11.3. The molecule has 6 nitrogen and oxygen atoms in total. The van der Waals surface area contributed by atoms with Crippen LogP contribution < -0.4 is 15.4 Å². The van der Waals surface area contributed by atoms with Gasteiger partial charge in [-0.2, -0.15) is 0 Å². The zero-order chi connectivity index (χ0) is 19.7. The predicted octanol–water partition coefficient (Wildman–Crippen LogP) is 3.66. The van der Waals surface area contributed by atoms with Gasteiger partial charge in [-0.25, -0.2) is 4.98 Å². The molecule has 2 aliphatic rings. The van der Waals surface area contributed by atoms with Crippen molar-refractivity contribution in [2.24, 2.45) is 10.4 Å². The van der Waals surface area contributed by atoms with Crippen LogP contribution >= 0.6 is 0 Å². The molecular formula is C22H36N4O2. The van der Waals surface area contributed by atoms with E-state index in [0.717, 1.165) is 49.8 Å². The van der Waals surface area contributed by atoms with Gasteiger partial charge in [0.15, 0.2) is 5.96 Å². The van der Waals surface area contributed by atoms with E-state index >= 15 is 0 Å². The zero-order valence-electron chi connectivity index (χ0n) is 17.5. The van der Waals surface area contributed by atoms with Crippen LogP contribution in [0.25, 0.3) is 0 Å². The average Bonchev–Trinajstić information content (AvgIpc) is 3.40. The van der Waals surface area contributed by atoms with E-state index in [0.29, 0.717) is 18.1 Å². The molecule has 0 unspecified atom stereocenters. The summed E-state index contributed by atoms with van der Waals surface area (Å²) >= 11 is 0. The van der Waals surface area contributed by atoms with Gasteiger partial charge >= 0.3 is 0 Å². The highest BCUT2D eigenvalue weighted by Crippen LogP contribution is 2.40. The molecule has 0 atom stereocenters. The van der Waals surface area contributed by atoms with Crippen molar-refractivity contribution in [2.75, 3.05) is 27.3 Å². The number of ether oxygens (including phenoxy) is 2. The third kappa shape index (κ3) is 6.09. The molecule has 0 amide bonds. The summed E-state index contributed by atoms with van der Waals surface area (Å²) in [6, 6.07) is 4.05. The van der Waals surface area contributed by atoms with Gasteiger partial charge < -0.3 is 20.1 Å². The fourth-order valence-corrected chi connectivity index (χ4v) is 4.40. The van der Waals surface area contributed by atoms with Crippen LogP contribution in [0.2, 0.25) is 0 Å². The van der Waals surface area contributed by atoms with Gasteiger partial charge in [0.2, 0.25) is 5.88 Å². The first-order chi connectivity index (χ1) is 13.7. The predicted molar refractivity (Wildman–Crippen MR) is 113 cm³/mol. The molecule has 1 heterocycles. The molecule has 0 bridgehead atoms. The van der Waals surface area contributed by atoms with Crippen LogP contribution in [0.5, 0.6) is 5.88 Å². The zero-order valence-corrected chi connectivity index (χ0v) is 17.5. The first kappa shape index (κ1) is 20.9. The molecule has 1 aromatic rings. The third-order valence-corrected chi connectivity index (χ3v) is 6.20. The smallest absolute Gasteiger partial charge is 0.213 e. The summed E-state index contributed by atoms with van der Waals surface area (Å²) in [5.41, 5.74) is 1.46. The first-order valence-electron chi connectivity index (χ1n) is 10.8. The minimum atomic E-state index is 0.342. The molecule has 0 aliphatic heterocycles. The van der Waals surface area contributed by atoms with Gasteiger partial charge in [0.25, 0.3) is 0 Å². The van der Waals surface area contributed by atoms with E-state index in [1.54, 1.807) is 7.11 Å². The van der Waals surface area contributed by atoms with Crippen LogP contribution in [0.15, 0.2) is 23.3 Å². The number of pyridine rings is 1. The average molecular weight is 389 g/mol. The second-order valence-corrected chi connectivity index (χ2v) is 8.26. The summed E-state index contributed by atoms with van der Waals surface area (Å²) in [7, 11) is 3.61. The summed E-state index contributed by atoms with van der Waals surface area (Å²) in [5.74, 6) is 1.58. The fourth-order valence-electron chi connectivity index (χ4n) is 4.40. The highest BCUT2D eigenvalue weighted by molar-refractivity contribution is 5.79. The van der Waals surface area contributed by atoms with E-state index in [2.05, 4.69) is 26.7 Å². The largest absolute Gasteiger partial charge is 0.474 e. The Hall–Kier alpha value is -1.82. The number of rotatable bonds is 9. The number of methoxy groups -OCH3 is 1. The van der Waals surface area contributed by atoms with Gasteiger partial charge in [0.1, 0.15) is 6.10 Å². The maximum atomic E-state index is 5.94. The Kier molecular flexibility index (Phi) is 7.95. The highest BCUT2D eigenvalue weighted by Gasteiger charge is 2.33. The summed E-state index contributed by atoms with van der Waals surface area (Å²) in [6.45, 7) is 2.47. The van der Waals surface area contributed by atoms with Crippen molar-refractivity contribution in [2.45, 2.75) is 70.4 Å². The van der Waals surface area contributed by atoms with Crippen LogP contribution in [0.1, 0.15) is 63.4 Å². The van der Waals surface area contributed by atoms with Crippen molar-refractivity contribution in [3.05, 3.63) is 23.9 Å². The molecule has 0 aromatic carbocycles.